The molecule has 8 heteroatoms. The Bertz CT molecular complexity index is 979. The highest BCUT2D eigenvalue weighted by Gasteiger charge is 2.20. The van der Waals surface area contributed by atoms with Gasteiger partial charge in [-0.05, 0) is 48.1 Å². The van der Waals surface area contributed by atoms with Gasteiger partial charge in [-0.3, -0.25) is 0 Å². The first-order valence-electron chi connectivity index (χ1n) is 9.28. The van der Waals surface area contributed by atoms with Crippen LogP contribution < -0.4 is 5.32 Å². The SMILES string of the molecule is Cc1nnc(CN=C(NCc2cccs2)N2CCc3ccc(F)cc3C2)n1C. The van der Waals surface area contributed by atoms with Gasteiger partial charge in [0.1, 0.15) is 18.2 Å². The van der Waals surface area contributed by atoms with E-state index in [1.54, 1.807) is 17.4 Å². The van der Waals surface area contributed by atoms with Crippen LogP contribution in [0, 0.1) is 12.7 Å². The van der Waals surface area contributed by atoms with Crippen LogP contribution in [0.2, 0.25) is 0 Å². The molecule has 0 aliphatic carbocycles. The van der Waals surface area contributed by atoms with E-state index in [1.807, 2.05) is 30.7 Å². The first kappa shape index (κ1) is 18.6. The maximum absolute atomic E-state index is 13.7. The number of aromatic nitrogens is 3. The average molecular weight is 399 g/mol. The molecule has 6 nitrogen and oxygen atoms in total. The van der Waals surface area contributed by atoms with Crippen molar-refractivity contribution in [2.24, 2.45) is 12.0 Å². The third-order valence-electron chi connectivity index (χ3n) is 5.03. The Morgan fingerprint density at radius 3 is 2.93 bits per heavy atom. The van der Waals surface area contributed by atoms with E-state index < -0.39 is 0 Å². The van der Waals surface area contributed by atoms with Crippen LogP contribution in [0.25, 0.3) is 0 Å². The maximum Gasteiger partial charge on any atom is 0.194 e. The van der Waals surface area contributed by atoms with Gasteiger partial charge in [-0.2, -0.15) is 0 Å². The van der Waals surface area contributed by atoms with Gasteiger partial charge in [0.05, 0.1) is 6.54 Å². The second-order valence-electron chi connectivity index (χ2n) is 6.88. The minimum atomic E-state index is -0.194. The van der Waals surface area contributed by atoms with E-state index >= 15 is 0 Å². The van der Waals surface area contributed by atoms with Gasteiger partial charge >= 0.3 is 0 Å². The number of fused-ring (bicyclic) bond motifs is 1. The van der Waals surface area contributed by atoms with E-state index in [0.29, 0.717) is 19.6 Å². The van der Waals surface area contributed by atoms with E-state index in [2.05, 4.69) is 31.9 Å². The summed E-state index contributed by atoms with van der Waals surface area (Å²) in [6.07, 6.45) is 0.873. The largest absolute Gasteiger partial charge is 0.351 e. The molecule has 1 aromatic carbocycles. The van der Waals surface area contributed by atoms with Crippen molar-refractivity contribution < 1.29 is 4.39 Å². The molecule has 0 amide bonds. The Morgan fingerprint density at radius 1 is 1.29 bits per heavy atom. The van der Waals surface area contributed by atoms with Crippen molar-refractivity contribution in [3.63, 3.8) is 0 Å². The molecule has 0 saturated carbocycles. The van der Waals surface area contributed by atoms with Gasteiger partial charge < -0.3 is 14.8 Å². The molecular weight excluding hydrogens is 375 g/mol. The number of hydrogen-bond acceptors (Lipinski definition) is 4. The summed E-state index contributed by atoms with van der Waals surface area (Å²) in [7, 11) is 1.94. The van der Waals surface area contributed by atoms with Crippen LogP contribution in [-0.2, 0) is 33.1 Å². The summed E-state index contributed by atoms with van der Waals surface area (Å²) < 4.78 is 15.6. The van der Waals surface area contributed by atoms with Crippen LogP contribution in [0.5, 0.6) is 0 Å². The summed E-state index contributed by atoms with van der Waals surface area (Å²) in [5.41, 5.74) is 2.23. The van der Waals surface area contributed by atoms with Crippen LogP contribution in [0.4, 0.5) is 4.39 Å². The number of aryl methyl sites for hydroxylation is 1. The van der Waals surface area contributed by atoms with E-state index in [0.717, 1.165) is 36.1 Å². The molecular formula is C20H23FN6S. The fourth-order valence-corrected chi connectivity index (χ4v) is 3.93. The molecule has 3 heterocycles. The number of halogens is 1. The lowest BCUT2D eigenvalue weighted by atomic mass is 10.00. The Kier molecular flexibility index (Phi) is 5.38. The molecule has 28 heavy (non-hydrogen) atoms. The normalized spacial score (nSPS) is 14.2. The molecule has 0 radical (unpaired) electrons. The first-order chi connectivity index (χ1) is 13.6. The Labute approximate surface area is 167 Å². The molecule has 3 aromatic rings. The van der Waals surface area contributed by atoms with Gasteiger partial charge in [0, 0.05) is 25.0 Å². The van der Waals surface area contributed by atoms with E-state index in [4.69, 9.17) is 4.99 Å². The number of guanidine groups is 1. The van der Waals surface area contributed by atoms with Crippen molar-refractivity contribution in [3.8, 4) is 0 Å². The molecule has 2 aromatic heterocycles. The van der Waals surface area contributed by atoms with Crippen molar-refractivity contribution in [2.45, 2.75) is 33.0 Å². The van der Waals surface area contributed by atoms with Gasteiger partial charge in [-0.15, -0.1) is 21.5 Å². The lowest BCUT2D eigenvalue weighted by Gasteiger charge is -2.32. The van der Waals surface area contributed by atoms with Crippen molar-refractivity contribution in [1.82, 2.24) is 25.0 Å². The summed E-state index contributed by atoms with van der Waals surface area (Å²) >= 11 is 1.71. The van der Waals surface area contributed by atoms with E-state index in [-0.39, 0.29) is 5.82 Å². The molecule has 4 rings (SSSR count). The van der Waals surface area contributed by atoms with Crippen molar-refractivity contribution in [1.29, 1.82) is 0 Å². The smallest absolute Gasteiger partial charge is 0.194 e. The summed E-state index contributed by atoms with van der Waals surface area (Å²) in [6, 6.07) is 9.20. The Hall–Kier alpha value is -2.74. The molecule has 1 N–H and O–H groups in total. The fourth-order valence-electron chi connectivity index (χ4n) is 3.29. The lowest BCUT2D eigenvalue weighted by molar-refractivity contribution is 0.376. The minimum absolute atomic E-state index is 0.194. The average Bonchev–Trinajstić information content (AvgIpc) is 3.32. The van der Waals surface area contributed by atoms with Crippen LogP contribution in [0.15, 0.2) is 40.7 Å². The zero-order valence-corrected chi connectivity index (χ0v) is 16.8. The Morgan fingerprint density at radius 2 is 2.18 bits per heavy atom. The molecule has 0 fully saturated rings. The number of thiophene rings is 1. The molecule has 0 bridgehead atoms. The highest BCUT2D eigenvalue weighted by atomic mass is 32.1. The van der Waals surface area contributed by atoms with Crippen LogP contribution in [0.3, 0.4) is 0 Å². The van der Waals surface area contributed by atoms with Crippen molar-refractivity contribution in [3.05, 3.63) is 69.2 Å². The van der Waals surface area contributed by atoms with Crippen molar-refractivity contribution >= 4 is 17.3 Å². The second kappa shape index (κ2) is 8.10. The molecule has 1 aliphatic rings. The van der Waals surface area contributed by atoms with Gasteiger partial charge in [-0.1, -0.05) is 12.1 Å². The Balaban J connectivity index is 1.55. The zero-order valence-electron chi connectivity index (χ0n) is 16.0. The number of hydrogen-bond donors (Lipinski definition) is 1. The second-order valence-corrected chi connectivity index (χ2v) is 7.91. The standard InChI is InChI=1S/C20H23FN6S/c1-14-24-25-19(26(14)2)12-23-20(22-11-18-4-3-9-28-18)27-8-7-15-5-6-17(21)10-16(15)13-27/h3-6,9-10H,7-8,11-13H2,1-2H3,(H,22,23). The van der Waals surface area contributed by atoms with Gasteiger partial charge in [0.25, 0.3) is 0 Å². The number of nitrogens with zero attached hydrogens (tertiary/aromatic N) is 5. The molecule has 0 atom stereocenters. The predicted molar refractivity (Wildman–Crippen MR) is 109 cm³/mol. The third-order valence-corrected chi connectivity index (χ3v) is 5.91. The summed E-state index contributed by atoms with van der Waals surface area (Å²) in [5.74, 6) is 2.29. The molecule has 146 valence electrons. The number of aliphatic imine (C=N–C) groups is 1. The van der Waals surface area contributed by atoms with Crippen LogP contribution >= 0.6 is 11.3 Å². The highest BCUT2D eigenvalue weighted by molar-refractivity contribution is 7.09. The predicted octanol–water partition coefficient (Wildman–Crippen LogP) is 3.03. The summed E-state index contributed by atoms with van der Waals surface area (Å²) in [5, 5.41) is 13.8. The van der Waals surface area contributed by atoms with Crippen LogP contribution in [-0.4, -0.2) is 32.2 Å². The van der Waals surface area contributed by atoms with Gasteiger partial charge in [0.2, 0.25) is 0 Å². The van der Waals surface area contributed by atoms with E-state index in [9.17, 15) is 4.39 Å². The van der Waals surface area contributed by atoms with Crippen molar-refractivity contribution in [2.75, 3.05) is 6.54 Å². The maximum atomic E-state index is 13.7. The molecule has 1 aliphatic heterocycles. The zero-order chi connectivity index (χ0) is 19.5. The molecule has 0 unspecified atom stereocenters. The molecule has 0 spiro atoms. The topological polar surface area (TPSA) is 58.3 Å². The number of nitrogens with one attached hydrogen (secondary N) is 1. The van der Waals surface area contributed by atoms with Gasteiger partial charge in [-0.25, -0.2) is 9.38 Å². The number of benzene rings is 1. The summed E-state index contributed by atoms with van der Waals surface area (Å²) in [4.78, 5) is 8.23. The third kappa shape index (κ3) is 4.06. The van der Waals surface area contributed by atoms with E-state index in [1.165, 1.54) is 16.5 Å². The minimum Gasteiger partial charge on any atom is -0.351 e. The first-order valence-corrected chi connectivity index (χ1v) is 10.2. The summed E-state index contributed by atoms with van der Waals surface area (Å²) in [6.45, 7) is 4.55. The fraction of sp³-hybridized carbons (Fsp3) is 0.350. The molecule has 0 saturated heterocycles. The highest BCUT2D eigenvalue weighted by Crippen LogP contribution is 2.20. The lowest BCUT2D eigenvalue weighted by Crippen LogP contribution is -2.43. The van der Waals surface area contributed by atoms with Gasteiger partial charge in [0.15, 0.2) is 11.8 Å². The quantitative estimate of drug-likeness (QED) is 0.542. The number of rotatable bonds is 4. The monoisotopic (exact) mass is 398 g/mol. The van der Waals surface area contributed by atoms with Crippen LogP contribution in [0.1, 0.15) is 27.7 Å².